The summed E-state index contributed by atoms with van der Waals surface area (Å²) in [6, 6.07) is 15.1. The Morgan fingerprint density at radius 3 is 2.38 bits per heavy atom. The molecule has 26 heavy (non-hydrogen) atoms. The number of amides is 1. The SMILES string of the molecule is N#Cc1ccc(NC(=O)c2ccnc(Nc3c(Cl)cccc3Cl)n2)cc1. The van der Waals surface area contributed by atoms with Crippen LogP contribution in [0.5, 0.6) is 0 Å². The first-order valence-corrected chi connectivity index (χ1v) is 8.18. The lowest BCUT2D eigenvalue weighted by molar-refractivity contribution is 0.102. The third kappa shape index (κ3) is 4.09. The highest BCUT2D eigenvalue weighted by molar-refractivity contribution is 6.39. The number of nitriles is 1. The van der Waals surface area contributed by atoms with E-state index in [1.54, 1.807) is 42.5 Å². The Bertz CT molecular complexity index is 979. The fraction of sp³-hybridized carbons (Fsp3) is 0. The number of carbonyl (C=O) groups is 1. The van der Waals surface area contributed by atoms with Crippen molar-refractivity contribution in [1.82, 2.24) is 9.97 Å². The summed E-state index contributed by atoms with van der Waals surface area (Å²) in [5.74, 6) is -0.224. The predicted molar refractivity (Wildman–Crippen MR) is 101 cm³/mol. The van der Waals surface area contributed by atoms with Crippen molar-refractivity contribution in [3.8, 4) is 6.07 Å². The maximum atomic E-state index is 12.4. The monoisotopic (exact) mass is 383 g/mol. The molecule has 0 atom stereocenters. The highest BCUT2D eigenvalue weighted by Gasteiger charge is 2.12. The molecule has 0 saturated heterocycles. The van der Waals surface area contributed by atoms with Crippen molar-refractivity contribution in [3.05, 3.63) is 76.0 Å². The highest BCUT2D eigenvalue weighted by Crippen LogP contribution is 2.31. The molecule has 0 aliphatic heterocycles. The Morgan fingerprint density at radius 2 is 1.73 bits per heavy atom. The van der Waals surface area contributed by atoms with Crippen molar-refractivity contribution < 1.29 is 4.79 Å². The van der Waals surface area contributed by atoms with Crippen molar-refractivity contribution in [2.24, 2.45) is 0 Å². The number of nitrogens with zero attached hydrogens (tertiary/aromatic N) is 3. The number of para-hydroxylation sites is 1. The van der Waals surface area contributed by atoms with Crippen molar-refractivity contribution in [2.75, 3.05) is 10.6 Å². The van der Waals surface area contributed by atoms with E-state index in [-0.39, 0.29) is 11.6 Å². The van der Waals surface area contributed by atoms with Gasteiger partial charge in [0.2, 0.25) is 5.95 Å². The molecule has 0 fully saturated rings. The first-order chi connectivity index (χ1) is 12.6. The summed E-state index contributed by atoms with van der Waals surface area (Å²) in [7, 11) is 0. The van der Waals surface area contributed by atoms with Gasteiger partial charge in [0.1, 0.15) is 5.69 Å². The second-order valence-electron chi connectivity index (χ2n) is 5.13. The zero-order chi connectivity index (χ0) is 18.5. The summed E-state index contributed by atoms with van der Waals surface area (Å²) in [6.07, 6.45) is 1.45. The van der Waals surface area contributed by atoms with E-state index in [2.05, 4.69) is 20.6 Å². The summed E-state index contributed by atoms with van der Waals surface area (Å²) in [6.45, 7) is 0. The van der Waals surface area contributed by atoms with E-state index in [0.29, 0.717) is 27.0 Å². The highest BCUT2D eigenvalue weighted by atomic mass is 35.5. The minimum absolute atomic E-state index is 0.162. The van der Waals surface area contributed by atoms with Crippen molar-refractivity contribution in [2.45, 2.75) is 0 Å². The van der Waals surface area contributed by atoms with Crippen LogP contribution in [0.4, 0.5) is 17.3 Å². The van der Waals surface area contributed by atoms with Gasteiger partial charge in [-0.15, -0.1) is 0 Å². The van der Waals surface area contributed by atoms with Gasteiger partial charge in [-0.3, -0.25) is 4.79 Å². The smallest absolute Gasteiger partial charge is 0.274 e. The molecule has 2 aromatic carbocycles. The third-order valence-corrected chi connectivity index (χ3v) is 3.99. The molecule has 1 aromatic heterocycles. The van der Waals surface area contributed by atoms with E-state index in [4.69, 9.17) is 28.5 Å². The molecule has 0 unspecified atom stereocenters. The lowest BCUT2D eigenvalue weighted by atomic mass is 10.2. The van der Waals surface area contributed by atoms with Crippen LogP contribution in [0.2, 0.25) is 10.0 Å². The van der Waals surface area contributed by atoms with E-state index in [0.717, 1.165) is 0 Å². The Kier molecular flexibility index (Phi) is 5.32. The molecule has 0 saturated carbocycles. The number of hydrogen-bond donors (Lipinski definition) is 2. The standard InChI is InChI=1S/C18H11Cl2N5O/c19-13-2-1-3-14(20)16(13)25-18-22-9-8-15(24-18)17(26)23-12-6-4-11(10-21)5-7-12/h1-9H,(H,23,26)(H,22,24,25). The lowest BCUT2D eigenvalue weighted by Gasteiger charge is -2.10. The molecule has 1 heterocycles. The Hall–Kier alpha value is -3.14. The van der Waals surface area contributed by atoms with Crippen molar-refractivity contribution in [1.29, 1.82) is 5.26 Å². The zero-order valence-electron chi connectivity index (χ0n) is 13.2. The van der Waals surface area contributed by atoms with Gasteiger partial charge in [0.25, 0.3) is 5.91 Å². The molecule has 0 aliphatic carbocycles. The largest absolute Gasteiger partial charge is 0.322 e. The number of hydrogen-bond acceptors (Lipinski definition) is 5. The molecule has 0 bridgehead atoms. The fourth-order valence-electron chi connectivity index (χ4n) is 2.10. The number of anilines is 3. The summed E-state index contributed by atoms with van der Waals surface area (Å²) < 4.78 is 0. The summed E-state index contributed by atoms with van der Waals surface area (Å²) >= 11 is 12.2. The van der Waals surface area contributed by atoms with E-state index in [1.165, 1.54) is 12.3 Å². The molecular formula is C18H11Cl2N5O. The van der Waals surface area contributed by atoms with Crippen LogP contribution in [0.25, 0.3) is 0 Å². The summed E-state index contributed by atoms with van der Waals surface area (Å²) in [5.41, 5.74) is 1.68. The van der Waals surface area contributed by atoms with Crippen LogP contribution in [-0.2, 0) is 0 Å². The van der Waals surface area contributed by atoms with Crippen molar-refractivity contribution >= 4 is 46.4 Å². The van der Waals surface area contributed by atoms with Crippen LogP contribution in [0.15, 0.2) is 54.7 Å². The first-order valence-electron chi connectivity index (χ1n) is 7.42. The minimum atomic E-state index is -0.412. The van der Waals surface area contributed by atoms with Crippen LogP contribution >= 0.6 is 23.2 Å². The van der Waals surface area contributed by atoms with Crippen LogP contribution in [0, 0.1) is 11.3 Å². The van der Waals surface area contributed by atoms with Gasteiger partial charge in [-0.05, 0) is 42.5 Å². The number of nitrogens with one attached hydrogen (secondary N) is 2. The van der Waals surface area contributed by atoms with Crippen LogP contribution < -0.4 is 10.6 Å². The molecule has 1 amide bonds. The Labute approximate surface area is 159 Å². The molecule has 0 spiro atoms. The van der Waals surface area contributed by atoms with Gasteiger partial charge < -0.3 is 10.6 Å². The van der Waals surface area contributed by atoms with Gasteiger partial charge in [-0.25, -0.2) is 9.97 Å². The lowest BCUT2D eigenvalue weighted by Crippen LogP contribution is -2.14. The number of rotatable bonds is 4. The first kappa shape index (κ1) is 17.7. The van der Waals surface area contributed by atoms with Gasteiger partial charge in [-0.1, -0.05) is 29.3 Å². The average molecular weight is 384 g/mol. The predicted octanol–water partition coefficient (Wildman–Crippen LogP) is 4.65. The van der Waals surface area contributed by atoms with Crippen LogP contribution in [-0.4, -0.2) is 15.9 Å². The number of aromatic nitrogens is 2. The van der Waals surface area contributed by atoms with Crippen LogP contribution in [0.3, 0.4) is 0 Å². The van der Waals surface area contributed by atoms with E-state index in [9.17, 15) is 4.79 Å². The molecule has 0 radical (unpaired) electrons. The maximum absolute atomic E-state index is 12.4. The summed E-state index contributed by atoms with van der Waals surface area (Å²) in [4.78, 5) is 20.6. The van der Waals surface area contributed by atoms with Gasteiger partial charge in [-0.2, -0.15) is 5.26 Å². The van der Waals surface area contributed by atoms with E-state index >= 15 is 0 Å². The Balaban J connectivity index is 1.78. The van der Waals surface area contributed by atoms with E-state index in [1.807, 2.05) is 6.07 Å². The number of halogens is 2. The molecule has 2 N–H and O–H groups in total. The molecule has 6 nitrogen and oxygen atoms in total. The van der Waals surface area contributed by atoms with E-state index < -0.39 is 5.91 Å². The third-order valence-electron chi connectivity index (χ3n) is 3.36. The zero-order valence-corrected chi connectivity index (χ0v) is 14.7. The van der Waals surface area contributed by atoms with Gasteiger partial charge >= 0.3 is 0 Å². The topological polar surface area (TPSA) is 90.7 Å². The fourth-order valence-corrected chi connectivity index (χ4v) is 2.59. The quantitative estimate of drug-likeness (QED) is 0.683. The Morgan fingerprint density at radius 1 is 1.04 bits per heavy atom. The maximum Gasteiger partial charge on any atom is 0.274 e. The average Bonchev–Trinajstić information content (AvgIpc) is 2.66. The molecule has 3 rings (SSSR count). The summed E-state index contributed by atoms with van der Waals surface area (Å²) in [5, 5.41) is 15.2. The molecule has 128 valence electrons. The van der Waals surface area contributed by atoms with Crippen LogP contribution in [0.1, 0.15) is 16.1 Å². The minimum Gasteiger partial charge on any atom is -0.322 e. The molecule has 3 aromatic rings. The van der Waals surface area contributed by atoms with Crippen molar-refractivity contribution in [3.63, 3.8) is 0 Å². The second-order valence-corrected chi connectivity index (χ2v) is 5.94. The normalized spacial score (nSPS) is 10.0. The van der Waals surface area contributed by atoms with Gasteiger partial charge in [0.15, 0.2) is 0 Å². The number of benzene rings is 2. The second kappa shape index (κ2) is 7.83. The molecule has 0 aliphatic rings. The van der Waals surface area contributed by atoms with Gasteiger partial charge in [0, 0.05) is 11.9 Å². The van der Waals surface area contributed by atoms with Gasteiger partial charge in [0.05, 0.1) is 27.4 Å². The molecular weight excluding hydrogens is 373 g/mol. The molecule has 8 heteroatoms. The number of carbonyl (C=O) groups excluding carboxylic acids is 1.